The van der Waals surface area contributed by atoms with Gasteiger partial charge in [-0.3, -0.25) is 4.79 Å². The SMILES string of the molecule is CC(C)(C)NC(=O)[C@H]1CCC2CCCC[C@@H]2N1. The van der Waals surface area contributed by atoms with E-state index < -0.39 is 0 Å². The monoisotopic (exact) mass is 238 g/mol. The molecule has 3 heteroatoms. The molecule has 1 amide bonds. The molecule has 0 aromatic carbocycles. The van der Waals surface area contributed by atoms with Crippen LogP contribution in [0.15, 0.2) is 0 Å². The lowest BCUT2D eigenvalue weighted by Gasteiger charge is -2.40. The van der Waals surface area contributed by atoms with Gasteiger partial charge >= 0.3 is 0 Å². The third-order valence-corrected chi connectivity index (χ3v) is 3.97. The second-order valence-corrected chi connectivity index (χ2v) is 6.69. The topological polar surface area (TPSA) is 41.1 Å². The van der Waals surface area contributed by atoms with E-state index >= 15 is 0 Å². The average molecular weight is 238 g/mol. The van der Waals surface area contributed by atoms with Crippen LogP contribution < -0.4 is 10.6 Å². The molecule has 1 unspecified atom stereocenters. The predicted molar refractivity (Wildman–Crippen MR) is 69.8 cm³/mol. The Kier molecular flexibility index (Phi) is 3.76. The molecule has 0 spiro atoms. The zero-order chi connectivity index (χ0) is 12.5. The summed E-state index contributed by atoms with van der Waals surface area (Å²) in [6.07, 6.45) is 7.53. The van der Waals surface area contributed by atoms with Crippen LogP contribution in [0.4, 0.5) is 0 Å². The van der Waals surface area contributed by atoms with Crippen molar-refractivity contribution in [2.75, 3.05) is 0 Å². The molecule has 2 aliphatic rings. The number of carbonyl (C=O) groups is 1. The molecule has 2 rings (SSSR count). The van der Waals surface area contributed by atoms with E-state index in [0.29, 0.717) is 6.04 Å². The number of fused-ring (bicyclic) bond motifs is 1. The molecule has 0 aromatic rings. The lowest BCUT2D eigenvalue weighted by molar-refractivity contribution is -0.125. The van der Waals surface area contributed by atoms with Crippen molar-refractivity contribution in [1.82, 2.24) is 10.6 Å². The van der Waals surface area contributed by atoms with Crippen LogP contribution in [-0.2, 0) is 4.79 Å². The van der Waals surface area contributed by atoms with Gasteiger partial charge in [0.15, 0.2) is 0 Å². The van der Waals surface area contributed by atoms with Crippen LogP contribution in [0, 0.1) is 5.92 Å². The molecule has 0 radical (unpaired) electrons. The molecule has 1 saturated carbocycles. The second-order valence-electron chi connectivity index (χ2n) is 6.69. The number of carbonyl (C=O) groups excluding carboxylic acids is 1. The van der Waals surface area contributed by atoms with Crippen molar-refractivity contribution < 1.29 is 4.79 Å². The first-order valence-corrected chi connectivity index (χ1v) is 7.04. The third-order valence-electron chi connectivity index (χ3n) is 3.97. The number of amides is 1. The van der Waals surface area contributed by atoms with E-state index in [1.807, 2.05) is 20.8 Å². The fourth-order valence-electron chi connectivity index (χ4n) is 3.16. The standard InChI is InChI=1S/C14H26N2O/c1-14(2,3)16-13(17)12-9-8-10-6-4-5-7-11(10)15-12/h10-12,15H,4-9H2,1-3H3,(H,16,17)/t10?,11-,12+/m0/s1. The fraction of sp³-hybridized carbons (Fsp3) is 0.929. The Bertz CT molecular complexity index is 282. The second kappa shape index (κ2) is 4.97. The van der Waals surface area contributed by atoms with Crippen molar-refractivity contribution in [3.05, 3.63) is 0 Å². The van der Waals surface area contributed by atoms with E-state index in [-0.39, 0.29) is 17.5 Å². The van der Waals surface area contributed by atoms with Gasteiger partial charge in [-0.25, -0.2) is 0 Å². The van der Waals surface area contributed by atoms with Gasteiger partial charge in [0.1, 0.15) is 0 Å². The Labute approximate surface area is 105 Å². The van der Waals surface area contributed by atoms with Crippen molar-refractivity contribution in [3.63, 3.8) is 0 Å². The van der Waals surface area contributed by atoms with E-state index in [4.69, 9.17) is 0 Å². The summed E-state index contributed by atoms with van der Waals surface area (Å²) in [6, 6.07) is 0.627. The molecule has 1 aliphatic carbocycles. The Morgan fingerprint density at radius 1 is 1.12 bits per heavy atom. The van der Waals surface area contributed by atoms with Crippen LogP contribution in [-0.4, -0.2) is 23.5 Å². The molecule has 3 atom stereocenters. The van der Waals surface area contributed by atoms with Crippen molar-refractivity contribution in [2.45, 2.75) is 76.9 Å². The van der Waals surface area contributed by atoms with Crippen molar-refractivity contribution in [2.24, 2.45) is 5.92 Å². The highest BCUT2D eigenvalue weighted by Gasteiger charge is 2.35. The van der Waals surface area contributed by atoms with Crippen LogP contribution in [0.1, 0.15) is 59.3 Å². The largest absolute Gasteiger partial charge is 0.350 e. The third kappa shape index (κ3) is 3.44. The highest BCUT2D eigenvalue weighted by atomic mass is 16.2. The van der Waals surface area contributed by atoms with Gasteiger partial charge in [0.05, 0.1) is 6.04 Å². The Balaban J connectivity index is 1.89. The average Bonchev–Trinajstić information content (AvgIpc) is 2.26. The minimum atomic E-state index is -0.123. The molecular weight excluding hydrogens is 212 g/mol. The summed E-state index contributed by atoms with van der Waals surface area (Å²) in [5.41, 5.74) is -0.123. The molecule has 0 bridgehead atoms. The van der Waals surface area contributed by atoms with Crippen LogP contribution >= 0.6 is 0 Å². The smallest absolute Gasteiger partial charge is 0.237 e. The molecule has 1 aliphatic heterocycles. The molecule has 1 heterocycles. The minimum Gasteiger partial charge on any atom is -0.350 e. The summed E-state index contributed by atoms with van der Waals surface area (Å²) in [4.78, 5) is 12.1. The van der Waals surface area contributed by atoms with E-state index in [9.17, 15) is 4.79 Å². The van der Waals surface area contributed by atoms with Gasteiger partial charge in [0, 0.05) is 11.6 Å². The number of piperidine rings is 1. The highest BCUT2D eigenvalue weighted by molar-refractivity contribution is 5.82. The van der Waals surface area contributed by atoms with Gasteiger partial charge < -0.3 is 10.6 Å². The summed E-state index contributed by atoms with van der Waals surface area (Å²) >= 11 is 0. The number of hydrogen-bond acceptors (Lipinski definition) is 2. The van der Waals surface area contributed by atoms with Crippen molar-refractivity contribution >= 4 is 5.91 Å². The molecule has 0 aromatic heterocycles. The van der Waals surface area contributed by atoms with Crippen molar-refractivity contribution in [1.29, 1.82) is 0 Å². The lowest BCUT2D eigenvalue weighted by Crippen LogP contribution is -2.57. The van der Waals surface area contributed by atoms with Gasteiger partial charge in [0.2, 0.25) is 5.91 Å². The normalized spacial score (nSPS) is 33.9. The van der Waals surface area contributed by atoms with Gasteiger partial charge in [-0.2, -0.15) is 0 Å². The molecule has 17 heavy (non-hydrogen) atoms. The van der Waals surface area contributed by atoms with Gasteiger partial charge in [-0.15, -0.1) is 0 Å². The Hall–Kier alpha value is -0.570. The summed E-state index contributed by atoms with van der Waals surface area (Å²) in [6.45, 7) is 6.12. The number of nitrogens with one attached hydrogen (secondary N) is 2. The summed E-state index contributed by atoms with van der Waals surface area (Å²) in [7, 11) is 0. The maximum atomic E-state index is 12.1. The predicted octanol–water partition coefficient (Wildman–Crippen LogP) is 2.21. The highest BCUT2D eigenvalue weighted by Crippen LogP contribution is 2.32. The molecule has 1 saturated heterocycles. The molecule has 2 fully saturated rings. The zero-order valence-electron chi connectivity index (χ0n) is 11.4. The van der Waals surface area contributed by atoms with Crippen molar-refractivity contribution in [3.8, 4) is 0 Å². The van der Waals surface area contributed by atoms with E-state index in [0.717, 1.165) is 12.3 Å². The summed E-state index contributed by atoms with van der Waals surface area (Å²) in [5, 5.41) is 6.65. The molecule has 2 N–H and O–H groups in total. The first-order valence-electron chi connectivity index (χ1n) is 7.04. The first kappa shape index (κ1) is 12.9. The van der Waals surface area contributed by atoms with E-state index in [2.05, 4.69) is 10.6 Å². The van der Waals surface area contributed by atoms with E-state index in [1.165, 1.54) is 32.1 Å². The number of hydrogen-bond donors (Lipinski definition) is 2. The Morgan fingerprint density at radius 3 is 2.53 bits per heavy atom. The Morgan fingerprint density at radius 2 is 1.82 bits per heavy atom. The van der Waals surface area contributed by atoms with Crippen LogP contribution in [0.5, 0.6) is 0 Å². The lowest BCUT2D eigenvalue weighted by atomic mass is 9.77. The summed E-state index contributed by atoms with van der Waals surface area (Å²) < 4.78 is 0. The fourth-order valence-corrected chi connectivity index (χ4v) is 3.16. The summed E-state index contributed by atoms with van der Waals surface area (Å²) in [5.74, 6) is 1.00. The first-order chi connectivity index (χ1) is 7.96. The van der Waals surface area contributed by atoms with Gasteiger partial charge in [-0.1, -0.05) is 12.8 Å². The maximum absolute atomic E-state index is 12.1. The number of rotatable bonds is 1. The maximum Gasteiger partial charge on any atom is 0.237 e. The zero-order valence-corrected chi connectivity index (χ0v) is 11.4. The van der Waals surface area contributed by atoms with Gasteiger partial charge in [-0.05, 0) is 52.4 Å². The quantitative estimate of drug-likeness (QED) is 0.735. The molecule has 98 valence electrons. The van der Waals surface area contributed by atoms with E-state index in [1.54, 1.807) is 0 Å². The van der Waals surface area contributed by atoms with Gasteiger partial charge in [0.25, 0.3) is 0 Å². The van der Waals surface area contributed by atoms with Crippen LogP contribution in [0.3, 0.4) is 0 Å². The van der Waals surface area contributed by atoms with Crippen LogP contribution in [0.25, 0.3) is 0 Å². The minimum absolute atomic E-state index is 0.0357. The molecular formula is C14H26N2O. The van der Waals surface area contributed by atoms with Crippen LogP contribution in [0.2, 0.25) is 0 Å². The molecule has 3 nitrogen and oxygen atoms in total.